The molecule has 2 N–H and O–H groups in total. The van der Waals surface area contributed by atoms with Crippen LogP contribution in [-0.2, 0) is 16.9 Å². The lowest BCUT2D eigenvalue weighted by Crippen LogP contribution is -2.30. The van der Waals surface area contributed by atoms with Crippen LogP contribution in [0, 0.1) is 17.1 Å². The summed E-state index contributed by atoms with van der Waals surface area (Å²) in [5.41, 5.74) is -1.73. The van der Waals surface area contributed by atoms with Crippen LogP contribution in [0.4, 0.5) is 23.5 Å². The monoisotopic (exact) mass is 420 g/mol. The summed E-state index contributed by atoms with van der Waals surface area (Å²) in [6.07, 6.45) is -5.24. The van der Waals surface area contributed by atoms with Gasteiger partial charge in [0.05, 0.1) is 34.7 Å². The highest BCUT2D eigenvalue weighted by molar-refractivity contribution is 5.92. The van der Waals surface area contributed by atoms with E-state index >= 15 is 0 Å². The highest BCUT2D eigenvalue weighted by atomic mass is 19.4. The number of aliphatic hydroxyl groups is 1. The molecular formula is C20H16F4N4O2. The molecule has 30 heavy (non-hydrogen) atoms. The summed E-state index contributed by atoms with van der Waals surface area (Å²) in [7, 11) is 0. The number of carbonyl (C=O) groups excluding carboxylic acids is 1. The maximum Gasteiger partial charge on any atom is 0.406 e. The summed E-state index contributed by atoms with van der Waals surface area (Å²) in [5.74, 6) is -1.97. The number of rotatable bonds is 5. The second-order valence-electron chi connectivity index (χ2n) is 6.93. The number of anilines is 1. The topological polar surface area (TPSA) is 90.9 Å². The molecule has 1 aromatic heterocycles. The first-order valence-electron chi connectivity index (χ1n) is 8.74. The van der Waals surface area contributed by atoms with Crippen molar-refractivity contribution in [1.82, 2.24) is 9.55 Å². The number of fused-ring (bicyclic) bond motifs is 1. The predicted octanol–water partition coefficient (Wildman–Crippen LogP) is 3.85. The van der Waals surface area contributed by atoms with Gasteiger partial charge in [0.15, 0.2) is 0 Å². The Labute approximate surface area is 168 Å². The first-order valence-corrected chi connectivity index (χ1v) is 8.74. The molecule has 2 aromatic carbocycles. The van der Waals surface area contributed by atoms with E-state index in [0.29, 0.717) is 0 Å². The summed E-state index contributed by atoms with van der Waals surface area (Å²) in [6, 6.07) is 11.2. The van der Waals surface area contributed by atoms with Crippen LogP contribution < -0.4 is 5.32 Å². The van der Waals surface area contributed by atoms with Crippen molar-refractivity contribution >= 4 is 22.9 Å². The molecule has 1 atom stereocenters. The first kappa shape index (κ1) is 21.3. The number of hydrogen-bond acceptors (Lipinski definition) is 4. The van der Waals surface area contributed by atoms with E-state index in [1.807, 2.05) is 6.07 Å². The number of halogens is 4. The van der Waals surface area contributed by atoms with Crippen molar-refractivity contribution < 1.29 is 27.5 Å². The van der Waals surface area contributed by atoms with E-state index in [2.05, 4.69) is 10.3 Å². The van der Waals surface area contributed by atoms with Crippen LogP contribution in [0.5, 0.6) is 0 Å². The lowest BCUT2D eigenvalue weighted by molar-refractivity contribution is -0.139. The number of benzene rings is 2. The summed E-state index contributed by atoms with van der Waals surface area (Å²) >= 11 is 0. The van der Waals surface area contributed by atoms with Crippen LogP contribution in [0.25, 0.3) is 11.0 Å². The lowest BCUT2D eigenvalue weighted by atomic mass is 9.92. The number of imidazole rings is 1. The zero-order valence-corrected chi connectivity index (χ0v) is 15.7. The number of nitrogens with one attached hydrogen (secondary N) is 1. The normalized spacial score (nSPS) is 13.6. The van der Waals surface area contributed by atoms with Gasteiger partial charge in [0.2, 0.25) is 11.9 Å². The molecule has 1 heterocycles. The number of nitriles is 1. The number of aromatic nitrogens is 2. The Balaban J connectivity index is 1.92. The van der Waals surface area contributed by atoms with Crippen molar-refractivity contribution in [3.8, 4) is 6.07 Å². The van der Waals surface area contributed by atoms with E-state index in [9.17, 15) is 27.5 Å². The maximum atomic E-state index is 14.0. The van der Waals surface area contributed by atoms with Gasteiger partial charge in [-0.1, -0.05) is 18.2 Å². The Morgan fingerprint density at radius 2 is 1.97 bits per heavy atom. The van der Waals surface area contributed by atoms with Crippen molar-refractivity contribution in [2.75, 3.05) is 5.32 Å². The lowest BCUT2D eigenvalue weighted by Gasteiger charge is -2.23. The van der Waals surface area contributed by atoms with E-state index in [1.165, 1.54) is 43.3 Å². The summed E-state index contributed by atoms with van der Waals surface area (Å²) < 4.78 is 53.9. The molecule has 3 aromatic rings. The minimum atomic E-state index is -4.62. The predicted molar refractivity (Wildman–Crippen MR) is 99.7 cm³/mol. The van der Waals surface area contributed by atoms with Crippen LogP contribution in [0.3, 0.4) is 0 Å². The number of carbonyl (C=O) groups is 1. The quantitative estimate of drug-likeness (QED) is 0.614. The minimum absolute atomic E-state index is 0.0162. The molecule has 0 saturated carbocycles. The molecule has 0 aliphatic carbocycles. The van der Waals surface area contributed by atoms with E-state index in [-0.39, 0.29) is 22.2 Å². The van der Waals surface area contributed by atoms with Crippen LogP contribution in [-0.4, -0.2) is 26.7 Å². The molecule has 6 nitrogen and oxygen atoms in total. The fourth-order valence-electron chi connectivity index (χ4n) is 3.10. The van der Waals surface area contributed by atoms with Crippen molar-refractivity contribution in [3.63, 3.8) is 0 Å². The van der Waals surface area contributed by atoms with Gasteiger partial charge in [-0.3, -0.25) is 10.1 Å². The Bertz CT molecular complexity index is 1150. The molecule has 10 heteroatoms. The van der Waals surface area contributed by atoms with E-state index < -0.39 is 42.4 Å². The maximum absolute atomic E-state index is 14.0. The molecule has 3 rings (SSSR count). The third-order valence-corrected chi connectivity index (χ3v) is 4.42. The molecule has 0 bridgehead atoms. The van der Waals surface area contributed by atoms with Gasteiger partial charge in [0.1, 0.15) is 12.4 Å². The molecule has 0 spiro atoms. The second-order valence-corrected chi connectivity index (χ2v) is 6.93. The Kier molecular flexibility index (Phi) is 5.50. The number of amides is 1. The zero-order valence-electron chi connectivity index (χ0n) is 15.7. The SMILES string of the molecule is CC(O)(CC(=O)Nc1nc2ccc(C#N)cc2n1CC(F)(F)F)c1ccccc1F. The van der Waals surface area contributed by atoms with Gasteiger partial charge in [-0.15, -0.1) is 0 Å². The number of hydrogen-bond donors (Lipinski definition) is 2. The summed E-state index contributed by atoms with van der Waals surface area (Å²) in [4.78, 5) is 16.4. The van der Waals surface area contributed by atoms with Crippen molar-refractivity contribution in [3.05, 3.63) is 59.4 Å². The smallest absolute Gasteiger partial charge is 0.385 e. The van der Waals surface area contributed by atoms with Gasteiger partial charge in [-0.05, 0) is 31.2 Å². The highest BCUT2D eigenvalue weighted by Gasteiger charge is 2.33. The van der Waals surface area contributed by atoms with Gasteiger partial charge in [-0.2, -0.15) is 18.4 Å². The Morgan fingerprint density at radius 1 is 1.27 bits per heavy atom. The highest BCUT2D eigenvalue weighted by Crippen LogP contribution is 2.29. The standard InChI is InChI=1S/C20H16F4N4O2/c1-19(30,13-4-2-3-5-14(13)21)9-17(29)27-18-26-15-7-6-12(10-25)8-16(15)28(18)11-20(22,23)24/h2-8,30H,9,11H2,1H3,(H,26,27,29). The molecule has 156 valence electrons. The van der Waals surface area contributed by atoms with Gasteiger partial charge in [0, 0.05) is 5.56 Å². The fraction of sp³-hybridized carbons (Fsp3) is 0.250. The third-order valence-electron chi connectivity index (χ3n) is 4.42. The van der Waals surface area contributed by atoms with Crippen molar-refractivity contribution in [1.29, 1.82) is 5.26 Å². The Morgan fingerprint density at radius 3 is 2.60 bits per heavy atom. The summed E-state index contributed by atoms with van der Waals surface area (Å²) in [5, 5.41) is 21.8. The molecule has 0 saturated heterocycles. The van der Waals surface area contributed by atoms with Crippen LogP contribution >= 0.6 is 0 Å². The Hall–Kier alpha value is -3.45. The van der Waals surface area contributed by atoms with E-state index in [0.717, 1.165) is 10.6 Å². The van der Waals surface area contributed by atoms with Crippen LogP contribution in [0.15, 0.2) is 42.5 Å². The van der Waals surface area contributed by atoms with Gasteiger partial charge in [-0.25, -0.2) is 9.37 Å². The van der Waals surface area contributed by atoms with Crippen LogP contribution in [0.2, 0.25) is 0 Å². The molecule has 1 unspecified atom stereocenters. The fourth-order valence-corrected chi connectivity index (χ4v) is 3.10. The minimum Gasteiger partial charge on any atom is -0.385 e. The average molecular weight is 420 g/mol. The van der Waals surface area contributed by atoms with Crippen molar-refractivity contribution in [2.24, 2.45) is 0 Å². The molecule has 0 fully saturated rings. The molecule has 0 aliphatic rings. The zero-order chi connectivity index (χ0) is 22.1. The van der Waals surface area contributed by atoms with E-state index in [4.69, 9.17) is 5.26 Å². The van der Waals surface area contributed by atoms with E-state index in [1.54, 1.807) is 0 Å². The number of alkyl halides is 3. The molecule has 0 radical (unpaired) electrons. The molecule has 0 aliphatic heterocycles. The van der Waals surface area contributed by atoms with Gasteiger partial charge >= 0.3 is 6.18 Å². The summed E-state index contributed by atoms with van der Waals surface area (Å²) in [6.45, 7) is -0.222. The van der Waals surface area contributed by atoms with Gasteiger partial charge < -0.3 is 9.67 Å². The largest absolute Gasteiger partial charge is 0.406 e. The number of nitrogens with zero attached hydrogens (tertiary/aromatic N) is 3. The molecule has 1 amide bonds. The van der Waals surface area contributed by atoms with Crippen molar-refractivity contribution in [2.45, 2.75) is 31.7 Å². The van der Waals surface area contributed by atoms with Crippen LogP contribution in [0.1, 0.15) is 24.5 Å². The van der Waals surface area contributed by atoms with Gasteiger partial charge in [0.25, 0.3) is 0 Å². The third kappa shape index (κ3) is 4.58. The second kappa shape index (κ2) is 7.76. The molecular weight excluding hydrogens is 404 g/mol. The average Bonchev–Trinajstić information content (AvgIpc) is 2.96. The first-order chi connectivity index (χ1) is 14.0.